The summed E-state index contributed by atoms with van der Waals surface area (Å²) in [6, 6.07) is 14.2. The molecule has 2 heterocycles. The molecule has 6 nitrogen and oxygen atoms in total. The van der Waals surface area contributed by atoms with Crippen molar-refractivity contribution < 1.29 is 24.1 Å². The number of carboxylic acids is 1. The maximum atomic E-state index is 13.1. The summed E-state index contributed by atoms with van der Waals surface area (Å²) in [6.45, 7) is 2.80. The molecule has 2 unspecified atom stereocenters. The van der Waals surface area contributed by atoms with Gasteiger partial charge in [-0.1, -0.05) is 12.1 Å². The number of hydrogen-bond acceptors (Lipinski definition) is 5. The van der Waals surface area contributed by atoms with Gasteiger partial charge in [0, 0.05) is 24.5 Å². The Morgan fingerprint density at radius 2 is 1.97 bits per heavy atom. The molecule has 198 valence electrons. The number of hydrogen-bond donors (Lipinski definition) is 2. The lowest BCUT2D eigenvalue weighted by molar-refractivity contribution is -0.137. The van der Waals surface area contributed by atoms with E-state index in [1.54, 1.807) is 13.3 Å². The molecule has 1 aliphatic rings. The van der Waals surface area contributed by atoms with Crippen molar-refractivity contribution in [2.45, 2.75) is 51.0 Å². The molecular formula is C30H37FN2O4. The third kappa shape index (κ3) is 7.49. The summed E-state index contributed by atoms with van der Waals surface area (Å²) in [5, 5.41) is 21.3. The van der Waals surface area contributed by atoms with Gasteiger partial charge in [0.25, 0.3) is 0 Å². The number of aliphatic hydroxyl groups is 1. The fourth-order valence-corrected chi connectivity index (χ4v) is 5.62. The summed E-state index contributed by atoms with van der Waals surface area (Å²) in [5.74, 6) is 0.426. The van der Waals surface area contributed by atoms with Gasteiger partial charge in [-0.25, -0.2) is 4.39 Å². The SMILES string of the molecule is COc1ccc2nccc([C@@H](O)CCC3CCN(CCCc4ccc(F)cc4)CC3CCC(=O)O)c2c1. The van der Waals surface area contributed by atoms with E-state index < -0.39 is 12.1 Å². The number of pyridine rings is 1. The van der Waals surface area contributed by atoms with Crippen molar-refractivity contribution in [2.24, 2.45) is 11.8 Å². The number of carboxylic acid groups (broad SMARTS) is 1. The van der Waals surface area contributed by atoms with Crippen molar-refractivity contribution in [1.29, 1.82) is 0 Å². The van der Waals surface area contributed by atoms with Gasteiger partial charge < -0.3 is 19.8 Å². The number of fused-ring (bicyclic) bond motifs is 1. The van der Waals surface area contributed by atoms with Crippen LogP contribution in [-0.4, -0.2) is 52.8 Å². The first-order valence-electron chi connectivity index (χ1n) is 13.2. The first-order valence-corrected chi connectivity index (χ1v) is 13.2. The van der Waals surface area contributed by atoms with Crippen LogP contribution in [-0.2, 0) is 11.2 Å². The Labute approximate surface area is 218 Å². The molecule has 2 N–H and O–H groups in total. The second-order valence-electron chi connectivity index (χ2n) is 10.1. The molecule has 0 bridgehead atoms. The molecule has 3 atom stereocenters. The normalized spacial score (nSPS) is 19.1. The number of likely N-dealkylation sites (tertiary alicyclic amines) is 1. The minimum absolute atomic E-state index is 0.169. The molecule has 0 amide bonds. The van der Waals surface area contributed by atoms with E-state index in [0.717, 1.165) is 73.1 Å². The number of aromatic nitrogens is 1. The van der Waals surface area contributed by atoms with Crippen LogP contribution in [0.25, 0.3) is 10.9 Å². The van der Waals surface area contributed by atoms with Crippen LogP contribution in [0, 0.1) is 17.7 Å². The maximum Gasteiger partial charge on any atom is 0.303 e. The molecule has 1 fully saturated rings. The van der Waals surface area contributed by atoms with E-state index in [4.69, 9.17) is 4.74 Å². The standard InChI is InChI=1S/C30H37FN2O4/c1-37-25-10-11-28-27(19-25)26(14-16-32-28)29(34)12-6-22-15-18-33(20-23(22)7-13-30(35)36)17-2-3-21-4-8-24(31)9-5-21/h4-5,8-11,14,16,19,22-23,29,34H,2-3,6-7,12-13,15,17-18,20H2,1H3,(H,35,36)/t22?,23?,29-/m0/s1. The second-order valence-corrected chi connectivity index (χ2v) is 10.1. The van der Waals surface area contributed by atoms with Gasteiger partial charge in [-0.05, 0) is 111 Å². The van der Waals surface area contributed by atoms with Crippen LogP contribution in [0.4, 0.5) is 4.39 Å². The number of piperidine rings is 1. The first kappa shape index (κ1) is 27.0. The van der Waals surface area contributed by atoms with Gasteiger partial charge in [0.05, 0.1) is 18.7 Å². The summed E-state index contributed by atoms with van der Waals surface area (Å²) >= 11 is 0. The quantitative estimate of drug-likeness (QED) is 0.330. The Kier molecular flexibility index (Phi) is 9.47. The number of benzene rings is 2. The number of aryl methyl sites for hydroxylation is 1. The van der Waals surface area contributed by atoms with Crippen molar-refractivity contribution in [2.75, 3.05) is 26.7 Å². The van der Waals surface area contributed by atoms with Gasteiger partial charge in [-0.15, -0.1) is 0 Å². The van der Waals surface area contributed by atoms with Gasteiger partial charge in [0.15, 0.2) is 0 Å². The van der Waals surface area contributed by atoms with Crippen LogP contribution in [0.15, 0.2) is 54.7 Å². The number of methoxy groups -OCH3 is 1. The Morgan fingerprint density at radius 3 is 2.73 bits per heavy atom. The fourth-order valence-electron chi connectivity index (χ4n) is 5.62. The highest BCUT2D eigenvalue weighted by Crippen LogP contribution is 2.35. The van der Waals surface area contributed by atoms with Crippen molar-refractivity contribution >= 4 is 16.9 Å². The van der Waals surface area contributed by atoms with Crippen LogP contribution < -0.4 is 4.74 Å². The lowest BCUT2D eigenvalue weighted by Crippen LogP contribution is -2.41. The van der Waals surface area contributed by atoms with Gasteiger partial charge in [0.2, 0.25) is 0 Å². The molecule has 0 aliphatic carbocycles. The van der Waals surface area contributed by atoms with Crippen molar-refractivity contribution in [1.82, 2.24) is 9.88 Å². The minimum atomic E-state index is -0.760. The van der Waals surface area contributed by atoms with E-state index in [1.807, 2.05) is 36.4 Å². The molecule has 0 spiro atoms. The van der Waals surface area contributed by atoms with E-state index in [9.17, 15) is 19.4 Å². The number of ether oxygens (including phenoxy) is 1. The smallest absolute Gasteiger partial charge is 0.303 e. The van der Waals surface area contributed by atoms with E-state index in [0.29, 0.717) is 18.8 Å². The third-order valence-electron chi connectivity index (χ3n) is 7.71. The average molecular weight is 509 g/mol. The zero-order valence-corrected chi connectivity index (χ0v) is 21.5. The molecule has 1 aliphatic heterocycles. The number of carbonyl (C=O) groups is 1. The van der Waals surface area contributed by atoms with Gasteiger partial charge in [-0.2, -0.15) is 0 Å². The van der Waals surface area contributed by atoms with Gasteiger partial charge >= 0.3 is 5.97 Å². The number of aliphatic hydroxyl groups excluding tert-OH is 1. The van der Waals surface area contributed by atoms with Gasteiger partial charge in [-0.3, -0.25) is 9.78 Å². The van der Waals surface area contributed by atoms with Crippen molar-refractivity contribution in [3.8, 4) is 5.75 Å². The van der Waals surface area contributed by atoms with Crippen LogP contribution >= 0.6 is 0 Å². The van der Waals surface area contributed by atoms with E-state index in [-0.39, 0.29) is 18.2 Å². The molecular weight excluding hydrogens is 471 g/mol. The Bertz CT molecular complexity index is 1170. The Morgan fingerprint density at radius 1 is 1.16 bits per heavy atom. The Hall–Kier alpha value is -3.03. The lowest BCUT2D eigenvalue weighted by Gasteiger charge is -2.39. The van der Waals surface area contributed by atoms with Gasteiger partial charge in [0.1, 0.15) is 11.6 Å². The highest BCUT2D eigenvalue weighted by Gasteiger charge is 2.30. The molecule has 4 rings (SSSR count). The van der Waals surface area contributed by atoms with E-state index >= 15 is 0 Å². The zero-order valence-electron chi connectivity index (χ0n) is 21.5. The number of halogens is 1. The predicted octanol–water partition coefficient (Wildman–Crippen LogP) is 5.63. The van der Waals surface area contributed by atoms with Crippen LogP contribution in [0.3, 0.4) is 0 Å². The molecule has 2 aromatic carbocycles. The van der Waals surface area contributed by atoms with Crippen LogP contribution in [0.2, 0.25) is 0 Å². The summed E-state index contributed by atoms with van der Waals surface area (Å²) < 4.78 is 18.5. The van der Waals surface area contributed by atoms with Crippen LogP contribution in [0.5, 0.6) is 5.75 Å². The predicted molar refractivity (Wildman–Crippen MR) is 142 cm³/mol. The summed E-state index contributed by atoms with van der Waals surface area (Å²) in [5.41, 5.74) is 2.81. The third-order valence-corrected chi connectivity index (χ3v) is 7.71. The monoisotopic (exact) mass is 508 g/mol. The Balaban J connectivity index is 1.34. The largest absolute Gasteiger partial charge is 0.497 e. The number of nitrogens with zero attached hydrogens (tertiary/aromatic N) is 2. The van der Waals surface area contributed by atoms with Crippen LogP contribution in [0.1, 0.15) is 55.8 Å². The zero-order chi connectivity index (χ0) is 26.2. The topological polar surface area (TPSA) is 82.9 Å². The molecule has 1 saturated heterocycles. The summed E-state index contributed by atoms with van der Waals surface area (Å²) in [6.07, 6.45) is 6.29. The maximum absolute atomic E-state index is 13.1. The summed E-state index contributed by atoms with van der Waals surface area (Å²) in [4.78, 5) is 18.2. The molecule has 7 heteroatoms. The second kappa shape index (κ2) is 13.0. The van der Waals surface area contributed by atoms with Crippen molar-refractivity contribution in [3.05, 3.63) is 71.7 Å². The molecule has 0 radical (unpaired) electrons. The highest BCUT2D eigenvalue weighted by molar-refractivity contribution is 5.83. The fraction of sp³-hybridized carbons (Fsp3) is 0.467. The molecule has 1 aromatic heterocycles. The highest BCUT2D eigenvalue weighted by atomic mass is 19.1. The molecule has 3 aromatic rings. The average Bonchev–Trinajstić information content (AvgIpc) is 2.91. The molecule has 37 heavy (non-hydrogen) atoms. The van der Waals surface area contributed by atoms with Crippen molar-refractivity contribution in [3.63, 3.8) is 0 Å². The number of aliphatic carboxylic acids is 1. The summed E-state index contributed by atoms with van der Waals surface area (Å²) in [7, 11) is 1.63. The lowest BCUT2D eigenvalue weighted by atomic mass is 9.79. The van der Waals surface area contributed by atoms with E-state index in [2.05, 4.69) is 9.88 Å². The minimum Gasteiger partial charge on any atom is -0.497 e. The molecule has 0 saturated carbocycles. The van der Waals surface area contributed by atoms with E-state index in [1.165, 1.54) is 12.1 Å². The number of rotatable bonds is 12. The first-order chi connectivity index (χ1) is 17.9.